The normalized spacial score (nSPS) is 21.7. The fraction of sp³-hybridized carbons (Fsp3) is 0.667. The van der Waals surface area contributed by atoms with E-state index >= 15 is 0 Å². The first-order chi connectivity index (χ1) is 13.0. The molecule has 0 aliphatic carbocycles. The van der Waals surface area contributed by atoms with E-state index < -0.39 is 0 Å². The van der Waals surface area contributed by atoms with Crippen molar-refractivity contribution < 1.29 is 14.3 Å². The summed E-state index contributed by atoms with van der Waals surface area (Å²) in [6.07, 6.45) is 3.28. The molecule has 1 atom stereocenters. The second kappa shape index (κ2) is 9.28. The molecule has 0 spiro atoms. The Kier molecular flexibility index (Phi) is 7.04. The smallest absolute Gasteiger partial charge is 0.410 e. The summed E-state index contributed by atoms with van der Waals surface area (Å²) in [6, 6.07) is 6.48. The van der Waals surface area contributed by atoms with Crippen LogP contribution in [0.5, 0.6) is 5.75 Å². The summed E-state index contributed by atoms with van der Waals surface area (Å²) >= 11 is 3.68. The maximum Gasteiger partial charge on any atom is 0.410 e. The van der Waals surface area contributed by atoms with Crippen LogP contribution in [0, 0.1) is 5.92 Å². The number of piperidine rings is 1. The zero-order valence-electron chi connectivity index (χ0n) is 16.6. The quantitative estimate of drug-likeness (QED) is 0.634. The van der Waals surface area contributed by atoms with Gasteiger partial charge in [-0.1, -0.05) is 15.9 Å². The van der Waals surface area contributed by atoms with Gasteiger partial charge in [0, 0.05) is 17.1 Å². The maximum absolute atomic E-state index is 11.9. The third-order valence-corrected chi connectivity index (χ3v) is 6.31. The first-order valence-electron chi connectivity index (χ1n) is 10.1. The number of carbonyl (C=O) groups excluding carboxylic acids is 1. The summed E-state index contributed by atoms with van der Waals surface area (Å²) in [7, 11) is 0. The van der Waals surface area contributed by atoms with E-state index in [-0.39, 0.29) is 18.2 Å². The van der Waals surface area contributed by atoms with Gasteiger partial charge in [-0.15, -0.1) is 0 Å². The minimum Gasteiger partial charge on any atom is -0.494 e. The van der Waals surface area contributed by atoms with Crippen LogP contribution in [0.25, 0.3) is 0 Å². The van der Waals surface area contributed by atoms with Gasteiger partial charge in [-0.25, -0.2) is 4.79 Å². The summed E-state index contributed by atoms with van der Waals surface area (Å²) in [4.78, 5) is 16.2. The van der Waals surface area contributed by atoms with Crippen molar-refractivity contribution in [2.75, 3.05) is 32.8 Å². The van der Waals surface area contributed by atoms with Crippen LogP contribution in [0.1, 0.15) is 39.2 Å². The summed E-state index contributed by atoms with van der Waals surface area (Å²) < 4.78 is 12.3. The third-order valence-electron chi connectivity index (χ3n) is 5.53. The Labute approximate surface area is 171 Å². The number of rotatable bonds is 7. The molecule has 2 fully saturated rings. The third kappa shape index (κ3) is 5.38. The summed E-state index contributed by atoms with van der Waals surface area (Å²) in [5, 5.41) is 0. The fourth-order valence-electron chi connectivity index (χ4n) is 3.99. The maximum atomic E-state index is 11.9. The van der Waals surface area contributed by atoms with Crippen LogP contribution in [0.4, 0.5) is 4.79 Å². The Hall–Kier alpha value is -1.27. The predicted octanol–water partition coefficient (Wildman–Crippen LogP) is 4.33. The van der Waals surface area contributed by atoms with Gasteiger partial charge < -0.3 is 14.4 Å². The van der Waals surface area contributed by atoms with Crippen LogP contribution in [0.3, 0.4) is 0 Å². The lowest BCUT2D eigenvalue weighted by Gasteiger charge is -2.33. The molecular formula is C21H31BrN2O3. The Balaban J connectivity index is 1.47. The molecular weight excluding hydrogens is 408 g/mol. The molecule has 2 heterocycles. The van der Waals surface area contributed by atoms with E-state index in [4.69, 9.17) is 9.47 Å². The van der Waals surface area contributed by atoms with Gasteiger partial charge in [0.2, 0.25) is 0 Å². The number of hydrogen-bond acceptors (Lipinski definition) is 4. The summed E-state index contributed by atoms with van der Waals surface area (Å²) in [6.45, 7) is 10.5. The molecule has 2 saturated heterocycles. The zero-order chi connectivity index (χ0) is 19.4. The van der Waals surface area contributed by atoms with Gasteiger partial charge >= 0.3 is 6.09 Å². The van der Waals surface area contributed by atoms with Crippen LogP contribution in [-0.4, -0.2) is 60.8 Å². The zero-order valence-corrected chi connectivity index (χ0v) is 18.2. The molecule has 2 aliphatic heterocycles. The number of ether oxygens (including phenoxy) is 2. The monoisotopic (exact) mass is 438 g/mol. The van der Waals surface area contributed by atoms with E-state index in [2.05, 4.69) is 33.0 Å². The lowest BCUT2D eigenvalue weighted by atomic mass is 9.90. The van der Waals surface area contributed by atoms with Crippen molar-refractivity contribution in [3.05, 3.63) is 28.2 Å². The highest BCUT2D eigenvalue weighted by Gasteiger charge is 2.34. The van der Waals surface area contributed by atoms with Crippen LogP contribution in [-0.2, 0) is 11.2 Å². The molecule has 0 radical (unpaired) electrons. The minimum atomic E-state index is -0.163. The van der Waals surface area contributed by atoms with Gasteiger partial charge in [0.15, 0.2) is 0 Å². The molecule has 0 saturated carbocycles. The molecule has 1 amide bonds. The van der Waals surface area contributed by atoms with E-state index in [1.165, 1.54) is 22.9 Å². The number of nitrogens with zero attached hydrogens (tertiary/aromatic N) is 2. The number of amides is 1. The summed E-state index contributed by atoms with van der Waals surface area (Å²) in [5.41, 5.74) is 1.33. The molecule has 1 aromatic carbocycles. The van der Waals surface area contributed by atoms with Crippen LogP contribution >= 0.6 is 15.9 Å². The Morgan fingerprint density at radius 2 is 2.04 bits per heavy atom. The van der Waals surface area contributed by atoms with Crippen molar-refractivity contribution in [1.82, 2.24) is 9.80 Å². The fourth-order valence-corrected chi connectivity index (χ4v) is 4.40. The molecule has 1 unspecified atom stereocenters. The van der Waals surface area contributed by atoms with Gasteiger partial charge in [-0.05, 0) is 82.8 Å². The van der Waals surface area contributed by atoms with Crippen molar-refractivity contribution in [3.8, 4) is 5.75 Å². The topological polar surface area (TPSA) is 42.0 Å². The Bertz CT molecular complexity index is 644. The van der Waals surface area contributed by atoms with E-state index in [9.17, 15) is 4.79 Å². The van der Waals surface area contributed by atoms with Gasteiger partial charge in [-0.3, -0.25) is 4.90 Å². The summed E-state index contributed by atoms with van der Waals surface area (Å²) in [5.74, 6) is 1.64. The van der Waals surface area contributed by atoms with Crippen molar-refractivity contribution in [1.29, 1.82) is 0 Å². The lowest BCUT2D eigenvalue weighted by Crippen LogP contribution is -2.41. The molecule has 0 bridgehead atoms. The van der Waals surface area contributed by atoms with E-state index in [1.807, 2.05) is 31.7 Å². The van der Waals surface area contributed by atoms with Crippen molar-refractivity contribution >= 4 is 22.0 Å². The average molecular weight is 439 g/mol. The highest BCUT2D eigenvalue weighted by molar-refractivity contribution is 9.10. The lowest BCUT2D eigenvalue weighted by molar-refractivity contribution is 0.0901. The van der Waals surface area contributed by atoms with Crippen LogP contribution < -0.4 is 4.74 Å². The molecule has 0 aromatic heterocycles. The number of likely N-dealkylation sites (tertiary alicyclic amines) is 1. The van der Waals surface area contributed by atoms with E-state index in [0.717, 1.165) is 31.8 Å². The van der Waals surface area contributed by atoms with Crippen molar-refractivity contribution in [2.24, 2.45) is 5.92 Å². The number of carbonyl (C=O) groups is 1. The number of hydrogen-bond donors (Lipinski definition) is 0. The minimum absolute atomic E-state index is 0.00784. The second-order valence-electron chi connectivity index (χ2n) is 7.89. The van der Waals surface area contributed by atoms with E-state index in [0.29, 0.717) is 19.1 Å². The Morgan fingerprint density at radius 3 is 2.67 bits per heavy atom. The molecule has 1 aromatic rings. The molecule has 0 N–H and O–H groups in total. The number of benzene rings is 1. The highest BCUT2D eigenvalue weighted by atomic mass is 79.9. The van der Waals surface area contributed by atoms with Gasteiger partial charge in [0.05, 0.1) is 13.2 Å². The SMILES string of the molecule is CCOc1ccc(Br)c(CC2CCN(CC3CN(C(C)C)C(=O)O3)CC2)c1. The van der Waals surface area contributed by atoms with Gasteiger partial charge in [-0.2, -0.15) is 0 Å². The second-order valence-corrected chi connectivity index (χ2v) is 8.74. The molecule has 6 heteroatoms. The molecule has 27 heavy (non-hydrogen) atoms. The molecule has 150 valence electrons. The van der Waals surface area contributed by atoms with Crippen molar-refractivity contribution in [2.45, 2.75) is 52.2 Å². The standard InChI is InChI=1S/C21H31BrN2O3/c1-4-26-18-5-6-20(22)17(12-18)11-16-7-9-23(10-8-16)13-19-14-24(15(2)3)21(25)27-19/h5-6,12,15-16,19H,4,7-11,13-14H2,1-3H3. The average Bonchev–Trinajstić information content (AvgIpc) is 3.00. The van der Waals surface area contributed by atoms with Gasteiger partial charge in [0.1, 0.15) is 11.9 Å². The van der Waals surface area contributed by atoms with Crippen LogP contribution in [0.15, 0.2) is 22.7 Å². The largest absolute Gasteiger partial charge is 0.494 e. The predicted molar refractivity (Wildman–Crippen MR) is 110 cm³/mol. The number of cyclic esters (lactones) is 1. The van der Waals surface area contributed by atoms with E-state index in [1.54, 1.807) is 0 Å². The number of halogens is 1. The molecule has 3 rings (SSSR count). The van der Waals surface area contributed by atoms with Crippen LogP contribution in [0.2, 0.25) is 0 Å². The molecule has 2 aliphatic rings. The first-order valence-corrected chi connectivity index (χ1v) is 10.9. The first kappa shape index (κ1) is 20.5. The molecule has 5 nitrogen and oxygen atoms in total. The highest BCUT2D eigenvalue weighted by Crippen LogP contribution is 2.29. The Morgan fingerprint density at radius 1 is 1.30 bits per heavy atom. The van der Waals surface area contributed by atoms with Gasteiger partial charge in [0.25, 0.3) is 0 Å². The van der Waals surface area contributed by atoms with Crippen molar-refractivity contribution in [3.63, 3.8) is 0 Å².